The zero-order valence-electron chi connectivity index (χ0n) is 12.9. The fourth-order valence-electron chi connectivity index (χ4n) is 2.43. The molecule has 0 N–H and O–H groups in total. The maximum absolute atomic E-state index is 13.2. The Hall–Kier alpha value is -2.95. The molecule has 0 aliphatic carbocycles. The van der Waals surface area contributed by atoms with Crippen LogP contribution >= 0.6 is 0 Å². The van der Waals surface area contributed by atoms with Crippen molar-refractivity contribution < 1.29 is 4.39 Å². The molecular formula is C18H16FN3O. The zero-order chi connectivity index (χ0) is 16.4. The van der Waals surface area contributed by atoms with Gasteiger partial charge < -0.3 is 0 Å². The molecule has 1 heterocycles. The van der Waals surface area contributed by atoms with Crippen molar-refractivity contribution in [2.24, 2.45) is 12.0 Å². The van der Waals surface area contributed by atoms with E-state index >= 15 is 0 Å². The second-order valence-corrected chi connectivity index (χ2v) is 5.22. The standard InChI is InChI=1S/C18H16FN3O/c1-13-17(20-12-14-7-6-8-15(19)11-14)18(23)22(21(13)2)16-9-4-3-5-10-16/h3-12H,1-2H3. The summed E-state index contributed by atoms with van der Waals surface area (Å²) in [7, 11) is 1.81. The van der Waals surface area contributed by atoms with Crippen LogP contribution in [0.25, 0.3) is 5.69 Å². The number of nitrogens with zero attached hydrogens (tertiary/aromatic N) is 3. The Bertz CT molecular complexity index is 923. The topological polar surface area (TPSA) is 39.3 Å². The summed E-state index contributed by atoms with van der Waals surface area (Å²) in [5.41, 5.74) is 2.27. The van der Waals surface area contributed by atoms with Gasteiger partial charge in [-0.1, -0.05) is 30.3 Å². The van der Waals surface area contributed by atoms with Gasteiger partial charge in [-0.25, -0.2) is 14.1 Å². The highest BCUT2D eigenvalue weighted by molar-refractivity contribution is 5.82. The molecule has 116 valence electrons. The smallest absolute Gasteiger partial charge is 0.283 e. The average molecular weight is 309 g/mol. The van der Waals surface area contributed by atoms with Crippen LogP contribution in [0.5, 0.6) is 0 Å². The molecule has 0 bridgehead atoms. The third-order valence-electron chi connectivity index (χ3n) is 3.72. The monoisotopic (exact) mass is 309 g/mol. The van der Waals surface area contributed by atoms with E-state index in [1.54, 1.807) is 21.5 Å². The first kappa shape index (κ1) is 15.0. The van der Waals surface area contributed by atoms with Crippen molar-refractivity contribution in [1.82, 2.24) is 9.36 Å². The van der Waals surface area contributed by atoms with Crippen LogP contribution in [-0.2, 0) is 7.05 Å². The van der Waals surface area contributed by atoms with Crippen LogP contribution in [0.3, 0.4) is 0 Å². The van der Waals surface area contributed by atoms with Crippen LogP contribution < -0.4 is 5.56 Å². The molecule has 3 rings (SSSR count). The molecule has 0 unspecified atom stereocenters. The van der Waals surface area contributed by atoms with Gasteiger partial charge in [-0.05, 0) is 36.8 Å². The quantitative estimate of drug-likeness (QED) is 0.684. The molecule has 0 spiro atoms. The first-order chi connectivity index (χ1) is 11.1. The number of aromatic nitrogens is 2. The lowest BCUT2D eigenvalue weighted by Gasteiger charge is -2.07. The highest BCUT2D eigenvalue weighted by atomic mass is 19.1. The summed E-state index contributed by atoms with van der Waals surface area (Å²) >= 11 is 0. The van der Waals surface area contributed by atoms with Crippen LogP contribution in [0, 0.1) is 12.7 Å². The molecule has 0 amide bonds. The van der Waals surface area contributed by atoms with Gasteiger partial charge in [0.1, 0.15) is 5.82 Å². The molecule has 1 aromatic heterocycles. The third kappa shape index (κ3) is 2.85. The molecule has 4 nitrogen and oxygen atoms in total. The van der Waals surface area contributed by atoms with Crippen molar-refractivity contribution in [3.63, 3.8) is 0 Å². The summed E-state index contributed by atoms with van der Waals surface area (Å²) in [6.07, 6.45) is 1.50. The Morgan fingerprint density at radius 3 is 2.52 bits per heavy atom. The zero-order valence-corrected chi connectivity index (χ0v) is 12.9. The Morgan fingerprint density at radius 2 is 1.83 bits per heavy atom. The Morgan fingerprint density at radius 1 is 1.09 bits per heavy atom. The molecule has 0 saturated carbocycles. The first-order valence-electron chi connectivity index (χ1n) is 7.21. The lowest BCUT2D eigenvalue weighted by atomic mass is 10.2. The minimum atomic E-state index is -0.333. The van der Waals surface area contributed by atoms with Gasteiger partial charge in [0.25, 0.3) is 5.56 Å². The van der Waals surface area contributed by atoms with E-state index in [1.165, 1.54) is 18.3 Å². The SMILES string of the molecule is Cc1c(N=Cc2cccc(F)c2)c(=O)n(-c2ccccc2)n1C. The molecule has 3 aromatic rings. The highest BCUT2D eigenvalue weighted by Gasteiger charge is 2.14. The molecule has 0 atom stereocenters. The van der Waals surface area contributed by atoms with Gasteiger partial charge in [-0.3, -0.25) is 9.48 Å². The van der Waals surface area contributed by atoms with E-state index in [2.05, 4.69) is 4.99 Å². The first-order valence-corrected chi connectivity index (χ1v) is 7.21. The molecule has 0 radical (unpaired) electrons. The maximum Gasteiger partial charge on any atom is 0.297 e. The van der Waals surface area contributed by atoms with E-state index in [9.17, 15) is 9.18 Å². The fraction of sp³-hybridized carbons (Fsp3) is 0.111. The molecule has 5 heteroatoms. The van der Waals surface area contributed by atoms with E-state index < -0.39 is 0 Å². The van der Waals surface area contributed by atoms with Crippen LogP contribution in [0.4, 0.5) is 10.1 Å². The maximum atomic E-state index is 13.2. The van der Waals surface area contributed by atoms with Crippen LogP contribution in [0.15, 0.2) is 64.4 Å². The third-order valence-corrected chi connectivity index (χ3v) is 3.72. The lowest BCUT2D eigenvalue weighted by Crippen LogP contribution is -2.19. The van der Waals surface area contributed by atoms with Crippen molar-refractivity contribution in [3.8, 4) is 5.69 Å². The van der Waals surface area contributed by atoms with Crippen LogP contribution in [-0.4, -0.2) is 15.6 Å². The summed E-state index contributed by atoms with van der Waals surface area (Å²) in [5.74, 6) is -0.333. The van der Waals surface area contributed by atoms with E-state index in [0.717, 1.165) is 11.4 Å². The largest absolute Gasteiger partial charge is 0.297 e. The second-order valence-electron chi connectivity index (χ2n) is 5.22. The summed E-state index contributed by atoms with van der Waals surface area (Å²) in [5, 5.41) is 0. The van der Waals surface area contributed by atoms with Gasteiger partial charge in [0.15, 0.2) is 5.69 Å². The van der Waals surface area contributed by atoms with Gasteiger partial charge in [-0.2, -0.15) is 0 Å². The second kappa shape index (κ2) is 6.04. The van der Waals surface area contributed by atoms with E-state index in [-0.39, 0.29) is 11.4 Å². The summed E-state index contributed by atoms with van der Waals surface area (Å²) in [4.78, 5) is 16.9. The predicted octanol–water partition coefficient (Wildman–Crippen LogP) is 3.37. The Labute approximate surface area is 133 Å². The Balaban J connectivity index is 2.06. The number of rotatable bonds is 3. The minimum absolute atomic E-state index is 0.205. The molecule has 23 heavy (non-hydrogen) atoms. The molecule has 0 saturated heterocycles. The normalized spacial score (nSPS) is 11.3. The Kier molecular flexibility index (Phi) is 3.93. The van der Waals surface area contributed by atoms with Crippen molar-refractivity contribution in [2.75, 3.05) is 0 Å². The van der Waals surface area contributed by atoms with Gasteiger partial charge in [-0.15, -0.1) is 0 Å². The summed E-state index contributed by atoms with van der Waals surface area (Å²) in [6.45, 7) is 1.83. The summed E-state index contributed by atoms with van der Waals surface area (Å²) < 4.78 is 16.5. The van der Waals surface area contributed by atoms with Crippen molar-refractivity contribution in [1.29, 1.82) is 0 Å². The van der Waals surface area contributed by atoms with Crippen molar-refractivity contribution in [3.05, 3.63) is 82.0 Å². The van der Waals surface area contributed by atoms with Crippen LogP contribution in [0.2, 0.25) is 0 Å². The van der Waals surface area contributed by atoms with Crippen molar-refractivity contribution in [2.45, 2.75) is 6.92 Å². The number of aliphatic imine (C=N–C) groups is 1. The number of halogens is 1. The van der Waals surface area contributed by atoms with Gasteiger partial charge in [0, 0.05) is 13.3 Å². The van der Waals surface area contributed by atoms with E-state index in [4.69, 9.17) is 0 Å². The predicted molar refractivity (Wildman–Crippen MR) is 89.4 cm³/mol. The van der Waals surface area contributed by atoms with Crippen molar-refractivity contribution >= 4 is 11.9 Å². The molecule has 0 fully saturated rings. The van der Waals surface area contributed by atoms with Gasteiger partial charge in [0.05, 0.1) is 11.4 Å². The summed E-state index contributed by atoms with van der Waals surface area (Å²) in [6, 6.07) is 15.5. The minimum Gasteiger partial charge on any atom is -0.283 e. The molecule has 0 aliphatic rings. The highest BCUT2D eigenvalue weighted by Crippen LogP contribution is 2.16. The molecule has 0 aliphatic heterocycles. The number of hydrogen-bond donors (Lipinski definition) is 0. The number of hydrogen-bond acceptors (Lipinski definition) is 2. The van der Waals surface area contributed by atoms with Gasteiger partial charge >= 0.3 is 0 Å². The van der Waals surface area contributed by atoms with Crippen LogP contribution in [0.1, 0.15) is 11.3 Å². The lowest BCUT2D eigenvalue weighted by molar-refractivity contribution is 0.627. The van der Waals surface area contributed by atoms with E-state index in [0.29, 0.717) is 11.3 Å². The van der Waals surface area contributed by atoms with E-state index in [1.807, 2.05) is 44.3 Å². The fourth-order valence-corrected chi connectivity index (χ4v) is 2.43. The van der Waals surface area contributed by atoms with Gasteiger partial charge in [0.2, 0.25) is 0 Å². The number of benzene rings is 2. The average Bonchev–Trinajstić information content (AvgIpc) is 2.76. The number of para-hydroxylation sites is 1. The molecular weight excluding hydrogens is 293 g/mol. The molecule has 2 aromatic carbocycles.